The second-order valence-electron chi connectivity index (χ2n) is 5.92. The first-order chi connectivity index (χ1) is 11.8. The van der Waals surface area contributed by atoms with E-state index in [4.69, 9.17) is 16.3 Å². The van der Waals surface area contributed by atoms with Gasteiger partial charge in [0.25, 0.3) is 0 Å². The molecule has 0 radical (unpaired) electrons. The monoisotopic (exact) mass is 384 g/mol. The van der Waals surface area contributed by atoms with E-state index in [2.05, 4.69) is 5.10 Å². The van der Waals surface area contributed by atoms with Gasteiger partial charge in [-0.05, 0) is 37.1 Å². The number of hydrogen-bond donors (Lipinski definition) is 1. The highest BCUT2D eigenvalue weighted by Gasteiger charge is 2.45. The molecule has 7 nitrogen and oxygen atoms in total. The molecule has 0 spiro atoms. The maximum atomic E-state index is 12.9. The Morgan fingerprint density at radius 3 is 2.68 bits per heavy atom. The Morgan fingerprint density at radius 2 is 2.16 bits per heavy atom. The number of methoxy groups -OCH3 is 1. The smallest absolute Gasteiger partial charge is 0.309 e. The summed E-state index contributed by atoms with van der Waals surface area (Å²) in [5, 5.41) is 12.6. The van der Waals surface area contributed by atoms with Crippen molar-refractivity contribution in [2.45, 2.75) is 29.1 Å². The van der Waals surface area contributed by atoms with E-state index in [0.717, 1.165) is 0 Å². The molecule has 1 aliphatic rings. The fraction of sp³-hybridized carbons (Fsp3) is 0.375. The molecular formula is C16H17ClN2O5S. The van der Waals surface area contributed by atoms with Crippen molar-refractivity contribution in [3.63, 3.8) is 0 Å². The number of carboxylic acid groups (broad SMARTS) is 1. The molecule has 3 atom stereocenters. The second-order valence-corrected chi connectivity index (χ2v) is 8.53. The zero-order chi connectivity index (χ0) is 18.2. The van der Waals surface area contributed by atoms with Crippen molar-refractivity contribution in [1.82, 2.24) is 9.78 Å². The number of rotatable bonds is 5. The van der Waals surface area contributed by atoms with Crippen LogP contribution in [0.25, 0.3) is 5.69 Å². The number of sulfone groups is 1. The number of nitrogens with zero attached hydrogens (tertiary/aromatic N) is 2. The molecule has 0 saturated heterocycles. The Hall–Kier alpha value is -1.90. The maximum Gasteiger partial charge on any atom is 0.309 e. The minimum Gasteiger partial charge on any atom is -0.481 e. The first kappa shape index (κ1) is 17.9. The van der Waals surface area contributed by atoms with Crippen LogP contribution < -0.4 is 0 Å². The average molecular weight is 385 g/mol. The summed E-state index contributed by atoms with van der Waals surface area (Å²) >= 11 is 6.21. The summed E-state index contributed by atoms with van der Waals surface area (Å²) < 4.78 is 32.6. The Bertz CT molecular complexity index is 882. The molecule has 1 saturated carbocycles. The number of ether oxygens (including phenoxy) is 1. The predicted octanol–water partition coefficient (Wildman–Crippen LogP) is 2.18. The van der Waals surface area contributed by atoms with Crippen LogP contribution in [0.4, 0.5) is 0 Å². The summed E-state index contributed by atoms with van der Waals surface area (Å²) in [6.45, 7) is 0. The molecule has 1 heterocycles. The Labute approximate surface area is 150 Å². The van der Waals surface area contributed by atoms with Gasteiger partial charge in [0.1, 0.15) is 0 Å². The summed E-state index contributed by atoms with van der Waals surface area (Å²) in [6.07, 6.45) is 2.84. The van der Waals surface area contributed by atoms with Gasteiger partial charge in [-0.3, -0.25) is 4.79 Å². The van der Waals surface area contributed by atoms with Crippen molar-refractivity contribution in [2.24, 2.45) is 5.92 Å². The third-order valence-electron chi connectivity index (χ3n) is 4.51. The quantitative estimate of drug-likeness (QED) is 0.848. The van der Waals surface area contributed by atoms with E-state index in [0.29, 0.717) is 5.69 Å². The summed E-state index contributed by atoms with van der Waals surface area (Å²) in [5.41, 5.74) is 0.638. The summed E-state index contributed by atoms with van der Waals surface area (Å²) in [6, 6.07) is 6.32. The van der Waals surface area contributed by atoms with Crippen molar-refractivity contribution in [1.29, 1.82) is 0 Å². The van der Waals surface area contributed by atoms with Crippen molar-refractivity contribution in [3.8, 4) is 5.69 Å². The van der Waals surface area contributed by atoms with Crippen LogP contribution in [0.1, 0.15) is 12.8 Å². The second kappa shape index (κ2) is 6.78. The maximum absolute atomic E-state index is 12.9. The molecule has 0 aliphatic heterocycles. The van der Waals surface area contributed by atoms with Crippen LogP contribution in [0.5, 0.6) is 0 Å². The van der Waals surface area contributed by atoms with Crippen LogP contribution in [0.3, 0.4) is 0 Å². The van der Waals surface area contributed by atoms with Crippen molar-refractivity contribution >= 4 is 27.4 Å². The number of carboxylic acids is 1. The SMILES string of the molecule is CO[C@@H]1C[C@H](S(=O)(=O)c2ccc(-n3cccn3)cc2Cl)C[C@H]1C(=O)O. The van der Waals surface area contributed by atoms with Gasteiger partial charge in [-0.2, -0.15) is 5.10 Å². The normalized spacial score (nSPS) is 23.7. The molecular weight excluding hydrogens is 368 g/mol. The van der Waals surface area contributed by atoms with Gasteiger partial charge in [-0.1, -0.05) is 11.6 Å². The zero-order valence-electron chi connectivity index (χ0n) is 13.4. The Morgan fingerprint density at radius 1 is 1.40 bits per heavy atom. The highest BCUT2D eigenvalue weighted by atomic mass is 35.5. The van der Waals surface area contributed by atoms with Crippen molar-refractivity contribution < 1.29 is 23.1 Å². The summed E-state index contributed by atoms with van der Waals surface area (Å²) in [4.78, 5) is 11.3. The van der Waals surface area contributed by atoms with E-state index < -0.39 is 33.1 Å². The molecule has 0 unspecified atom stereocenters. The van der Waals surface area contributed by atoms with Gasteiger partial charge in [0.05, 0.1) is 32.9 Å². The minimum atomic E-state index is -3.77. The van der Waals surface area contributed by atoms with E-state index in [9.17, 15) is 18.3 Å². The van der Waals surface area contributed by atoms with Gasteiger partial charge in [0, 0.05) is 19.5 Å². The summed E-state index contributed by atoms with van der Waals surface area (Å²) in [7, 11) is -2.38. The highest BCUT2D eigenvalue weighted by molar-refractivity contribution is 7.92. The molecule has 3 rings (SSSR count). The van der Waals surface area contributed by atoms with Gasteiger partial charge in [0.15, 0.2) is 9.84 Å². The lowest BCUT2D eigenvalue weighted by molar-refractivity contribution is -0.145. The van der Waals surface area contributed by atoms with Gasteiger partial charge in [-0.25, -0.2) is 13.1 Å². The van der Waals surface area contributed by atoms with Gasteiger partial charge in [0.2, 0.25) is 0 Å². The number of carbonyl (C=O) groups is 1. The number of aromatic nitrogens is 2. The number of hydrogen-bond acceptors (Lipinski definition) is 5. The average Bonchev–Trinajstić information content (AvgIpc) is 3.24. The fourth-order valence-electron chi connectivity index (χ4n) is 3.19. The molecule has 25 heavy (non-hydrogen) atoms. The lowest BCUT2D eigenvalue weighted by atomic mass is 10.1. The van der Waals surface area contributed by atoms with E-state index in [1.54, 1.807) is 29.2 Å². The number of benzene rings is 1. The predicted molar refractivity (Wildman–Crippen MR) is 90.7 cm³/mol. The lowest BCUT2D eigenvalue weighted by Gasteiger charge is -2.14. The van der Waals surface area contributed by atoms with Crippen LogP contribution >= 0.6 is 11.6 Å². The van der Waals surface area contributed by atoms with E-state index >= 15 is 0 Å². The fourth-order valence-corrected chi connectivity index (χ4v) is 5.54. The molecule has 1 fully saturated rings. The van der Waals surface area contributed by atoms with Crippen LogP contribution in [0, 0.1) is 5.92 Å². The molecule has 2 aromatic rings. The van der Waals surface area contributed by atoms with Gasteiger partial charge >= 0.3 is 5.97 Å². The molecule has 1 aliphatic carbocycles. The molecule has 9 heteroatoms. The largest absolute Gasteiger partial charge is 0.481 e. The standard InChI is InChI=1S/C16H17ClN2O5S/c1-24-14-9-11(8-12(14)16(20)21)25(22,23)15-4-3-10(7-13(15)17)19-6-2-5-18-19/h2-7,11-12,14H,8-9H2,1H3,(H,20,21)/t11-,12-,14-/m1/s1. The molecule has 1 aromatic carbocycles. The number of halogens is 1. The Kier molecular flexibility index (Phi) is 4.86. The molecule has 1 aromatic heterocycles. The van der Waals surface area contributed by atoms with Gasteiger partial charge < -0.3 is 9.84 Å². The molecule has 0 amide bonds. The van der Waals surface area contributed by atoms with Gasteiger partial charge in [-0.15, -0.1) is 0 Å². The Balaban J connectivity index is 1.92. The van der Waals surface area contributed by atoms with Crippen molar-refractivity contribution in [2.75, 3.05) is 7.11 Å². The van der Waals surface area contributed by atoms with E-state index in [1.165, 1.54) is 19.2 Å². The third-order valence-corrected chi connectivity index (χ3v) is 7.17. The van der Waals surface area contributed by atoms with E-state index in [-0.39, 0.29) is 22.8 Å². The van der Waals surface area contributed by atoms with Crippen LogP contribution in [-0.2, 0) is 19.4 Å². The first-order valence-electron chi connectivity index (χ1n) is 7.63. The van der Waals surface area contributed by atoms with Crippen molar-refractivity contribution in [3.05, 3.63) is 41.7 Å². The highest BCUT2D eigenvalue weighted by Crippen LogP contribution is 2.38. The van der Waals surface area contributed by atoms with Crippen LogP contribution in [0.2, 0.25) is 5.02 Å². The lowest BCUT2D eigenvalue weighted by Crippen LogP contribution is -2.24. The molecule has 134 valence electrons. The minimum absolute atomic E-state index is 0.00374. The third kappa shape index (κ3) is 3.29. The zero-order valence-corrected chi connectivity index (χ0v) is 14.9. The van der Waals surface area contributed by atoms with Crippen LogP contribution in [-0.4, -0.2) is 47.7 Å². The number of aliphatic carboxylic acids is 1. The van der Waals surface area contributed by atoms with E-state index in [1.807, 2.05) is 0 Å². The molecule has 0 bridgehead atoms. The molecule has 1 N–H and O–H groups in total. The first-order valence-corrected chi connectivity index (χ1v) is 9.56. The van der Waals surface area contributed by atoms with Crippen LogP contribution in [0.15, 0.2) is 41.6 Å². The summed E-state index contributed by atoms with van der Waals surface area (Å²) in [5.74, 6) is -1.89. The topological polar surface area (TPSA) is 98.5 Å².